The minimum absolute atomic E-state index is 0.0553. The molecule has 0 amide bonds. The number of carbonyl (C=O) groups excluding carboxylic acids is 1. The van der Waals surface area contributed by atoms with Crippen molar-refractivity contribution in [2.75, 3.05) is 0 Å². The average Bonchev–Trinajstić information content (AvgIpc) is 2.65. The summed E-state index contributed by atoms with van der Waals surface area (Å²) in [5.74, 6) is -0.126. The molecule has 142 valence electrons. The van der Waals surface area contributed by atoms with Gasteiger partial charge in [0.05, 0.1) is 6.42 Å². The highest BCUT2D eigenvalue weighted by Gasteiger charge is 2.20. The van der Waals surface area contributed by atoms with Crippen LogP contribution in [0.25, 0.3) is 0 Å². The highest BCUT2D eigenvalue weighted by atomic mass is 16.5. The molecule has 6 heteroatoms. The molecule has 0 aliphatic carbocycles. The molecule has 27 heavy (non-hydrogen) atoms. The lowest BCUT2D eigenvalue weighted by atomic mass is 9.88. The maximum atomic E-state index is 12.4. The van der Waals surface area contributed by atoms with E-state index in [0.29, 0.717) is 16.9 Å². The van der Waals surface area contributed by atoms with Crippen molar-refractivity contribution in [3.8, 4) is 5.75 Å². The van der Waals surface area contributed by atoms with Crippen LogP contribution >= 0.6 is 0 Å². The number of ether oxygens (including phenoxy) is 1. The Hall–Kier alpha value is -3.15. The molecular weight excluding hydrogens is 340 g/mol. The third-order valence-electron chi connectivity index (χ3n) is 4.39. The summed E-state index contributed by atoms with van der Waals surface area (Å²) < 4.78 is 5.43. The first kappa shape index (κ1) is 20.2. The minimum atomic E-state index is -0.303. The van der Waals surface area contributed by atoms with E-state index in [1.54, 1.807) is 24.3 Å². The van der Waals surface area contributed by atoms with Gasteiger partial charge in [0.25, 0.3) is 0 Å². The van der Waals surface area contributed by atoms with Gasteiger partial charge >= 0.3 is 5.97 Å². The molecule has 2 aromatic carbocycles. The fourth-order valence-corrected chi connectivity index (χ4v) is 2.97. The van der Waals surface area contributed by atoms with Crippen LogP contribution in [0.1, 0.15) is 55.2 Å². The Bertz CT molecular complexity index is 818. The molecule has 0 heterocycles. The van der Waals surface area contributed by atoms with Gasteiger partial charge < -0.3 is 16.2 Å². The molecule has 1 unspecified atom stereocenters. The highest BCUT2D eigenvalue weighted by Crippen LogP contribution is 2.28. The Kier molecular flexibility index (Phi) is 7.11. The number of nitrogen functional groups attached to an aromatic ring is 2. The van der Waals surface area contributed by atoms with Crippen molar-refractivity contribution in [1.82, 2.24) is 0 Å². The van der Waals surface area contributed by atoms with Crippen molar-refractivity contribution in [3.05, 3.63) is 65.2 Å². The number of para-hydroxylation sites is 1. The molecule has 0 aromatic heterocycles. The molecule has 0 aliphatic heterocycles. The summed E-state index contributed by atoms with van der Waals surface area (Å²) in [6.45, 7) is 2.10. The van der Waals surface area contributed by atoms with Crippen LogP contribution in [0.15, 0.2) is 48.5 Å². The van der Waals surface area contributed by atoms with E-state index in [1.807, 2.05) is 24.3 Å². The Morgan fingerprint density at radius 1 is 1.04 bits per heavy atom. The highest BCUT2D eigenvalue weighted by molar-refractivity contribution is 6.08. The third-order valence-corrected chi connectivity index (χ3v) is 4.39. The maximum Gasteiger partial charge on any atom is 0.311 e. The molecule has 6 N–H and O–H groups in total. The zero-order chi connectivity index (χ0) is 19.8. The van der Waals surface area contributed by atoms with Gasteiger partial charge in [0.2, 0.25) is 0 Å². The largest absolute Gasteiger partial charge is 0.427 e. The number of amidine groups is 2. The van der Waals surface area contributed by atoms with Gasteiger partial charge in [-0.05, 0) is 36.1 Å². The molecule has 0 fully saturated rings. The number of hydrogen-bond acceptors (Lipinski definition) is 4. The zero-order valence-electron chi connectivity index (χ0n) is 15.5. The van der Waals surface area contributed by atoms with E-state index in [9.17, 15) is 4.79 Å². The van der Waals surface area contributed by atoms with Gasteiger partial charge in [0.15, 0.2) is 0 Å². The number of carbonyl (C=O) groups is 1. The van der Waals surface area contributed by atoms with Crippen molar-refractivity contribution < 1.29 is 9.53 Å². The molecule has 1 atom stereocenters. The van der Waals surface area contributed by atoms with Gasteiger partial charge in [0.1, 0.15) is 17.4 Å². The van der Waals surface area contributed by atoms with Crippen LogP contribution < -0.4 is 16.2 Å². The smallest absolute Gasteiger partial charge is 0.311 e. The summed E-state index contributed by atoms with van der Waals surface area (Å²) in [5, 5.41) is 15.4. The summed E-state index contributed by atoms with van der Waals surface area (Å²) in [7, 11) is 0. The van der Waals surface area contributed by atoms with E-state index in [1.165, 1.54) is 0 Å². The molecular formula is C21H26N4O2. The van der Waals surface area contributed by atoms with Crippen molar-refractivity contribution in [2.45, 2.75) is 38.5 Å². The predicted molar refractivity (Wildman–Crippen MR) is 107 cm³/mol. The van der Waals surface area contributed by atoms with E-state index in [4.69, 9.17) is 27.0 Å². The monoisotopic (exact) mass is 366 g/mol. The SMILES string of the molecule is CCCCC(CC(=O)Oc1ccccc1)c1ccc(C(=N)N)c(C(=N)N)c1. The molecule has 0 bridgehead atoms. The molecule has 0 aliphatic rings. The van der Waals surface area contributed by atoms with Crippen molar-refractivity contribution >= 4 is 17.6 Å². The molecule has 2 aromatic rings. The Labute approximate surface area is 159 Å². The summed E-state index contributed by atoms with van der Waals surface area (Å²) in [4.78, 5) is 12.4. The normalized spacial score (nSPS) is 11.6. The van der Waals surface area contributed by atoms with Crippen LogP contribution in [-0.4, -0.2) is 17.6 Å². The van der Waals surface area contributed by atoms with Crippen LogP contribution in [0.5, 0.6) is 5.75 Å². The van der Waals surface area contributed by atoms with E-state index in [-0.39, 0.29) is 30.0 Å². The second-order valence-electron chi connectivity index (χ2n) is 6.46. The van der Waals surface area contributed by atoms with E-state index in [0.717, 1.165) is 24.8 Å². The third kappa shape index (κ3) is 5.67. The van der Waals surface area contributed by atoms with Crippen molar-refractivity contribution in [3.63, 3.8) is 0 Å². The minimum Gasteiger partial charge on any atom is -0.427 e. The molecule has 0 spiro atoms. The van der Waals surface area contributed by atoms with Crippen molar-refractivity contribution in [1.29, 1.82) is 10.8 Å². The van der Waals surface area contributed by atoms with Crippen LogP contribution in [0.2, 0.25) is 0 Å². The number of hydrogen-bond donors (Lipinski definition) is 4. The van der Waals surface area contributed by atoms with Gasteiger partial charge in [0, 0.05) is 11.1 Å². The molecule has 0 radical (unpaired) electrons. The summed E-state index contributed by atoms with van der Waals surface area (Å²) in [6.07, 6.45) is 3.02. The van der Waals surface area contributed by atoms with Gasteiger partial charge in [-0.15, -0.1) is 0 Å². The number of unbranched alkanes of at least 4 members (excludes halogenated alkanes) is 1. The molecule has 0 saturated heterocycles. The van der Waals surface area contributed by atoms with Crippen LogP contribution in [0.4, 0.5) is 0 Å². The molecule has 2 rings (SSSR count). The van der Waals surface area contributed by atoms with E-state index < -0.39 is 0 Å². The van der Waals surface area contributed by atoms with Crippen molar-refractivity contribution in [2.24, 2.45) is 11.5 Å². The summed E-state index contributed by atoms with van der Waals surface area (Å²) in [5.41, 5.74) is 13.0. The predicted octanol–water partition coefficient (Wildman–Crippen LogP) is 3.52. The van der Waals surface area contributed by atoms with Gasteiger partial charge in [-0.25, -0.2) is 0 Å². The number of rotatable bonds is 9. The zero-order valence-corrected chi connectivity index (χ0v) is 15.5. The number of esters is 1. The number of nitrogens with two attached hydrogens (primary N) is 2. The first-order valence-corrected chi connectivity index (χ1v) is 9.00. The summed E-state index contributed by atoms with van der Waals surface area (Å²) in [6, 6.07) is 14.3. The lowest BCUT2D eigenvalue weighted by molar-refractivity contribution is -0.134. The van der Waals surface area contributed by atoms with Gasteiger partial charge in [-0.3, -0.25) is 15.6 Å². The Balaban J connectivity index is 2.24. The fourth-order valence-electron chi connectivity index (χ4n) is 2.97. The fraction of sp³-hybridized carbons (Fsp3) is 0.286. The van der Waals surface area contributed by atoms with Crippen LogP contribution in [-0.2, 0) is 4.79 Å². The topological polar surface area (TPSA) is 126 Å². The lowest BCUT2D eigenvalue weighted by Gasteiger charge is -2.18. The quantitative estimate of drug-likeness (QED) is 0.234. The second-order valence-corrected chi connectivity index (χ2v) is 6.46. The molecule has 0 saturated carbocycles. The summed E-state index contributed by atoms with van der Waals surface area (Å²) >= 11 is 0. The maximum absolute atomic E-state index is 12.4. The second kappa shape index (κ2) is 9.52. The number of nitrogens with one attached hydrogen (secondary N) is 2. The standard InChI is InChI=1S/C21H26N4O2/c1-2-3-7-14(13-19(26)27-16-8-5-4-6-9-16)15-10-11-17(20(22)23)18(12-15)21(24)25/h4-6,8-12,14H,2-3,7,13H2,1H3,(H3,22,23)(H3,24,25). The van der Waals surface area contributed by atoms with E-state index in [2.05, 4.69) is 6.92 Å². The van der Waals surface area contributed by atoms with Gasteiger partial charge in [-0.2, -0.15) is 0 Å². The first-order valence-electron chi connectivity index (χ1n) is 9.00. The van der Waals surface area contributed by atoms with Crippen LogP contribution in [0.3, 0.4) is 0 Å². The number of benzene rings is 2. The Morgan fingerprint density at radius 3 is 2.30 bits per heavy atom. The Morgan fingerprint density at radius 2 is 1.70 bits per heavy atom. The van der Waals surface area contributed by atoms with Crippen LogP contribution in [0, 0.1) is 10.8 Å². The average molecular weight is 366 g/mol. The van der Waals surface area contributed by atoms with Gasteiger partial charge in [-0.1, -0.05) is 50.1 Å². The van der Waals surface area contributed by atoms with E-state index >= 15 is 0 Å². The lowest BCUT2D eigenvalue weighted by Crippen LogP contribution is -2.21. The first-order chi connectivity index (χ1) is 12.9. The molecule has 6 nitrogen and oxygen atoms in total.